The monoisotopic (exact) mass is 695 g/mol. The summed E-state index contributed by atoms with van der Waals surface area (Å²) >= 11 is 18.6. The van der Waals surface area contributed by atoms with Crippen molar-refractivity contribution in [1.82, 2.24) is 5.32 Å². The van der Waals surface area contributed by atoms with Crippen LogP contribution in [-0.2, 0) is 14.4 Å². The van der Waals surface area contributed by atoms with Crippen LogP contribution >= 0.6 is 55.1 Å². The van der Waals surface area contributed by atoms with E-state index in [1.165, 1.54) is 25.3 Å². The van der Waals surface area contributed by atoms with Crippen molar-refractivity contribution in [3.63, 3.8) is 0 Å². The SMILES string of the molecule is COc1cc(/C=C2\C(=O)NC(=O)N(c3ccc(Br)cc3)C2=O)cc(Br)c1OCC(=O)Nc1ccc(Cl)c(Cl)c1. The van der Waals surface area contributed by atoms with E-state index in [9.17, 15) is 19.2 Å². The summed E-state index contributed by atoms with van der Waals surface area (Å²) in [6.07, 6.45) is 1.32. The molecular weight excluding hydrogens is 681 g/mol. The van der Waals surface area contributed by atoms with Crippen LogP contribution in [-0.4, -0.2) is 37.5 Å². The van der Waals surface area contributed by atoms with E-state index in [-0.39, 0.29) is 23.7 Å². The quantitative estimate of drug-likeness (QED) is 0.224. The van der Waals surface area contributed by atoms with E-state index in [4.69, 9.17) is 32.7 Å². The minimum atomic E-state index is -0.855. The molecule has 0 unspecified atom stereocenters. The van der Waals surface area contributed by atoms with Crippen molar-refractivity contribution in [3.05, 3.63) is 84.7 Å². The lowest BCUT2D eigenvalue weighted by Crippen LogP contribution is -2.54. The maximum Gasteiger partial charge on any atom is 0.335 e. The van der Waals surface area contributed by atoms with Crippen LogP contribution in [0.3, 0.4) is 0 Å². The second-order valence-corrected chi connectivity index (χ2v) is 10.5. The van der Waals surface area contributed by atoms with Gasteiger partial charge in [-0.05, 0) is 82.2 Å². The average Bonchev–Trinajstić information content (AvgIpc) is 2.88. The van der Waals surface area contributed by atoms with E-state index >= 15 is 0 Å². The molecule has 39 heavy (non-hydrogen) atoms. The number of ether oxygens (including phenoxy) is 2. The Hall–Kier alpha value is -3.38. The average molecular weight is 698 g/mol. The zero-order valence-corrected chi connectivity index (χ0v) is 24.6. The first-order chi connectivity index (χ1) is 18.6. The fraction of sp³-hybridized carbons (Fsp3) is 0.0769. The van der Waals surface area contributed by atoms with Gasteiger partial charge in [-0.15, -0.1) is 0 Å². The molecule has 0 spiro atoms. The highest BCUT2D eigenvalue weighted by Crippen LogP contribution is 2.37. The molecule has 13 heteroatoms. The molecule has 0 aliphatic carbocycles. The number of carbonyl (C=O) groups excluding carboxylic acids is 4. The van der Waals surface area contributed by atoms with Gasteiger partial charge in [0.1, 0.15) is 5.57 Å². The van der Waals surface area contributed by atoms with Crippen LogP contribution in [0.25, 0.3) is 6.08 Å². The number of urea groups is 1. The van der Waals surface area contributed by atoms with Gasteiger partial charge in [0.2, 0.25) is 0 Å². The summed E-state index contributed by atoms with van der Waals surface area (Å²) in [4.78, 5) is 51.4. The van der Waals surface area contributed by atoms with Crippen LogP contribution in [0.5, 0.6) is 11.5 Å². The normalized spacial score (nSPS) is 14.3. The third-order valence-corrected chi connectivity index (χ3v) is 7.16. The summed E-state index contributed by atoms with van der Waals surface area (Å²) in [5, 5.41) is 5.47. The number of anilines is 2. The lowest BCUT2D eigenvalue weighted by molar-refractivity contribution is -0.122. The van der Waals surface area contributed by atoms with Crippen LogP contribution < -0.4 is 25.0 Å². The van der Waals surface area contributed by atoms with Gasteiger partial charge in [0.05, 0.1) is 27.3 Å². The summed E-state index contributed by atoms with van der Waals surface area (Å²) in [6.45, 7) is -0.360. The Morgan fingerprint density at radius 2 is 1.74 bits per heavy atom. The maximum atomic E-state index is 13.1. The van der Waals surface area contributed by atoms with Gasteiger partial charge in [0.25, 0.3) is 17.7 Å². The highest BCUT2D eigenvalue weighted by molar-refractivity contribution is 9.10. The molecule has 3 aromatic carbocycles. The molecule has 5 amide bonds. The number of halogens is 4. The Bertz CT molecular complexity index is 1530. The molecule has 200 valence electrons. The van der Waals surface area contributed by atoms with E-state index in [0.29, 0.717) is 31.5 Å². The maximum absolute atomic E-state index is 13.1. The van der Waals surface area contributed by atoms with Crippen LogP contribution in [0.15, 0.2) is 69.1 Å². The van der Waals surface area contributed by atoms with E-state index in [1.807, 2.05) is 0 Å². The van der Waals surface area contributed by atoms with Crippen LogP contribution in [0.1, 0.15) is 5.56 Å². The highest BCUT2D eigenvalue weighted by atomic mass is 79.9. The molecule has 9 nitrogen and oxygen atoms in total. The lowest BCUT2D eigenvalue weighted by atomic mass is 10.1. The molecule has 1 fully saturated rings. The van der Waals surface area contributed by atoms with Crippen molar-refractivity contribution in [2.45, 2.75) is 0 Å². The number of hydrogen-bond donors (Lipinski definition) is 2. The molecular formula is C26H17Br2Cl2N3O6. The number of methoxy groups -OCH3 is 1. The summed E-state index contributed by atoms with van der Waals surface area (Å²) < 4.78 is 12.2. The molecule has 1 heterocycles. The van der Waals surface area contributed by atoms with Gasteiger partial charge in [-0.3, -0.25) is 19.7 Å². The van der Waals surface area contributed by atoms with Gasteiger partial charge in [0, 0.05) is 10.2 Å². The number of benzene rings is 3. The Labute approximate surface area is 249 Å². The molecule has 3 aromatic rings. The number of nitrogens with one attached hydrogen (secondary N) is 2. The number of amides is 5. The number of hydrogen-bond acceptors (Lipinski definition) is 6. The number of imide groups is 2. The number of nitrogens with zero attached hydrogens (tertiary/aromatic N) is 1. The highest BCUT2D eigenvalue weighted by Gasteiger charge is 2.36. The van der Waals surface area contributed by atoms with Crippen molar-refractivity contribution in [3.8, 4) is 11.5 Å². The lowest BCUT2D eigenvalue weighted by Gasteiger charge is -2.26. The van der Waals surface area contributed by atoms with Crippen molar-refractivity contribution < 1.29 is 28.7 Å². The Morgan fingerprint density at radius 3 is 2.41 bits per heavy atom. The predicted octanol–water partition coefficient (Wildman–Crippen LogP) is 6.21. The summed E-state index contributed by atoms with van der Waals surface area (Å²) in [5.41, 5.74) is 0.869. The largest absolute Gasteiger partial charge is 0.493 e. The topological polar surface area (TPSA) is 114 Å². The molecule has 0 aromatic heterocycles. The minimum absolute atomic E-state index is 0.218. The Kier molecular flexibility index (Phi) is 8.96. The van der Waals surface area contributed by atoms with Crippen LogP contribution in [0.4, 0.5) is 16.2 Å². The first kappa shape index (κ1) is 28.6. The molecule has 4 rings (SSSR count). The Morgan fingerprint density at radius 1 is 1.03 bits per heavy atom. The molecule has 0 bridgehead atoms. The van der Waals surface area contributed by atoms with Gasteiger partial charge < -0.3 is 14.8 Å². The van der Waals surface area contributed by atoms with Gasteiger partial charge in [-0.2, -0.15) is 0 Å². The summed E-state index contributed by atoms with van der Waals surface area (Å²) in [5.74, 6) is -1.65. The van der Waals surface area contributed by atoms with E-state index in [2.05, 4.69) is 42.5 Å². The first-order valence-electron chi connectivity index (χ1n) is 11.0. The van der Waals surface area contributed by atoms with Gasteiger partial charge >= 0.3 is 6.03 Å². The molecule has 2 N–H and O–H groups in total. The van der Waals surface area contributed by atoms with Crippen molar-refractivity contribution in [2.24, 2.45) is 0 Å². The van der Waals surface area contributed by atoms with Gasteiger partial charge in [0.15, 0.2) is 18.1 Å². The summed E-state index contributed by atoms with van der Waals surface area (Å²) in [6, 6.07) is 13.4. The third-order valence-electron chi connectivity index (χ3n) is 5.30. The fourth-order valence-corrected chi connectivity index (χ4v) is 4.66. The fourth-order valence-electron chi connectivity index (χ4n) is 3.52. The first-order valence-corrected chi connectivity index (χ1v) is 13.3. The number of rotatable bonds is 7. The standard InChI is InChI=1S/C26H17Br2Cl2N3O6/c1-38-21-10-13(8-17-24(35)32-26(37)33(25(17)36)16-5-2-14(27)3-6-16)9-18(28)23(21)39-12-22(34)31-15-4-7-19(29)20(30)11-15/h2-11H,12H2,1H3,(H,31,34)(H,32,35,37)/b17-8+. The number of carbonyl (C=O) groups is 4. The van der Waals surface area contributed by atoms with E-state index in [0.717, 1.165) is 9.37 Å². The van der Waals surface area contributed by atoms with Crippen molar-refractivity contribution in [1.29, 1.82) is 0 Å². The molecule has 0 atom stereocenters. The predicted molar refractivity (Wildman–Crippen MR) is 154 cm³/mol. The Balaban J connectivity index is 1.54. The second kappa shape index (κ2) is 12.2. The smallest absolute Gasteiger partial charge is 0.335 e. The molecule has 1 aliphatic rings. The minimum Gasteiger partial charge on any atom is -0.493 e. The van der Waals surface area contributed by atoms with Gasteiger partial charge in [-0.1, -0.05) is 39.1 Å². The van der Waals surface area contributed by atoms with Crippen LogP contribution in [0, 0.1) is 0 Å². The molecule has 1 aliphatic heterocycles. The van der Waals surface area contributed by atoms with Crippen molar-refractivity contribution in [2.75, 3.05) is 23.9 Å². The molecule has 0 saturated carbocycles. The third kappa shape index (κ3) is 6.62. The second-order valence-electron chi connectivity index (χ2n) is 7.93. The molecule has 1 saturated heterocycles. The van der Waals surface area contributed by atoms with E-state index < -0.39 is 23.8 Å². The molecule has 0 radical (unpaired) electrons. The number of barbiturate groups is 1. The summed E-state index contributed by atoms with van der Waals surface area (Å²) in [7, 11) is 1.40. The van der Waals surface area contributed by atoms with Crippen molar-refractivity contribution >= 4 is 96.3 Å². The van der Waals surface area contributed by atoms with Gasteiger partial charge in [-0.25, -0.2) is 9.69 Å². The van der Waals surface area contributed by atoms with E-state index in [1.54, 1.807) is 42.5 Å². The zero-order valence-electron chi connectivity index (χ0n) is 19.9. The van der Waals surface area contributed by atoms with Crippen LogP contribution in [0.2, 0.25) is 10.0 Å². The zero-order chi connectivity index (χ0) is 28.3.